The minimum Gasteiger partial charge on any atom is -0.493 e. The van der Waals surface area contributed by atoms with Gasteiger partial charge in [0.25, 0.3) is 0 Å². The molecule has 2 rings (SSSR count). The molecule has 0 heterocycles. The molecule has 0 saturated carbocycles. The van der Waals surface area contributed by atoms with Gasteiger partial charge in [0.05, 0.1) is 19.8 Å². The Morgan fingerprint density at radius 1 is 0.889 bits per heavy atom. The van der Waals surface area contributed by atoms with Gasteiger partial charge in [-0.2, -0.15) is 0 Å². The van der Waals surface area contributed by atoms with Gasteiger partial charge in [-0.25, -0.2) is 0 Å². The van der Waals surface area contributed by atoms with E-state index in [0.29, 0.717) is 22.6 Å². The predicted octanol–water partition coefficient (Wildman–Crippen LogP) is 2.93. The Kier molecular flexibility index (Phi) is 3.63. The third-order valence-corrected chi connectivity index (χ3v) is 2.68. The summed E-state index contributed by atoms with van der Waals surface area (Å²) in [6, 6.07) is 14.4. The van der Waals surface area contributed by atoms with Crippen molar-refractivity contribution in [2.45, 2.75) is 0 Å². The molecule has 0 unspecified atom stereocenters. The van der Waals surface area contributed by atoms with E-state index >= 15 is 0 Å². The normalized spacial score (nSPS) is 9.89. The van der Waals surface area contributed by atoms with Crippen LogP contribution in [-0.4, -0.2) is 20.0 Å². The van der Waals surface area contributed by atoms with E-state index in [1.807, 2.05) is 18.2 Å². The minimum absolute atomic E-state index is 0.0775. The summed E-state index contributed by atoms with van der Waals surface area (Å²) in [6.07, 6.45) is 0. The number of benzene rings is 2. The number of carbonyl (C=O) groups is 1. The fourth-order valence-electron chi connectivity index (χ4n) is 1.81. The molecule has 0 aromatic heterocycles. The summed E-state index contributed by atoms with van der Waals surface area (Å²) in [4.78, 5) is 12.4. The van der Waals surface area contributed by atoms with Crippen LogP contribution in [0, 0.1) is 0 Å². The van der Waals surface area contributed by atoms with Crippen LogP contribution in [0.25, 0.3) is 0 Å². The van der Waals surface area contributed by atoms with E-state index in [1.54, 1.807) is 37.4 Å². The highest BCUT2D eigenvalue weighted by atomic mass is 16.5. The molecular weight excluding hydrogens is 228 g/mol. The van der Waals surface area contributed by atoms with Crippen LogP contribution in [0.5, 0.6) is 11.5 Å². The average Bonchev–Trinajstić information content (AvgIpc) is 2.46. The smallest absolute Gasteiger partial charge is 0.196 e. The topological polar surface area (TPSA) is 35.5 Å². The summed E-state index contributed by atoms with van der Waals surface area (Å²) < 4.78 is 10.4. The molecule has 0 N–H and O–H groups in total. The average molecular weight is 242 g/mol. The Morgan fingerprint density at radius 3 is 2.22 bits per heavy atom. The van der Waals surface area contributed by atoms with Crippen molar-refractivity contribution in [3.63, 3.8) is 0 Å². The van der Waals surface area contributed by atoms with E-state index in [4.69, 9.17) is 9.47 Å². The summed E-state index contributed by atoms with van der Waals surface area (Å²) in [6.45, 7) is 0. The first-order valence-electron chi connectivity index (χ1n) is 5.58. The van der Waals surface area contributed by atoms with Crippen LogP contribution in [0.15, 0.2) is 48.5 Å². The van der Waals surface area contributed by atoms with Gasteiger partial charge in [0.15, 0.2) is 17.3 Å². The summed E-state index contributed by atoms with van der Waals surface area (Å²) in [7, 11) is 3.08. The van der Waals surface area contributed by atoms with E-state index in [1.165, 1.54) is 7.11 Å². The lowest BCUT2D eigenvalue weighted by molar-refractivity contribution is 0.103. The van der Waals surface area contributed by atoms with Crippen molar-refractivity contribution in [3.05, 3.63) is 59.7 Å². The number of ketones is 1. The highest BCUT2D eigenvalue weighted by Crippen LogP contribution is 2.32. The quantitative estimate of drug-likeness (QED) is 0.773. The summed E-state index contributed by atoms with van der Waals surface area (Å²) in [5.74, 6) is 0.944. The molecule has 0 fully saturated rings. The third-order valence-electron chi connectivity index (χ3n) is 2.68. The van der Waals surface area contributed by atoms with Gasteiger partial charge < -0.3 is 9.47 Å². The maximum atomic E-state index is 12.4. The van der Waals surface area contributed by atoms with E-state index in [-0.39, 0.29) is 5.78 Å². The standard InChI is InChI=1S/C15H14O3/c1-17-13-10-6-9-12(15(13)18-2)14(16)11-7-4-3-5-8-11/h3-10H,1-2H3. The summed E-state index contributed by atoms with van der Waals surface area (Å²) in [5.41, 5.74) is 1.13. The second kappa shape index (κ2) is 5.36. The van der Waals surface area contributed by atoms with E-state index in [2.05, 4.69) is 0 Å². The van der Waals surface area contributed by atoms with E-state index < -0.39 is 0 Å². The highest BCUT2D eigenvalue weighted by Gasteiger charge is 2.17. The van der Waals surface area contributed by atoms with Crippen LogP contribution in [-0.2, 0) is 0 Å². The molecule has 0 radical (unpaired) electrons. The lowest BCUT2D eigenvalue weighted by Crippen LogP contribution is -2.04. The number of hydrogen-bond acceptors (Lipinski definition) is 3. The van der Waals surface area contributed by atoms with Crippen molar-refractivity contribution in [1.82, 2.24) is 0 Å². The molecule has 0 saturated heterocycles. The van der Waals surface area contributed by atoms with Crippen molar-refractivity contribution >= 4 is 5.78 Å². The first kappa shape index (κ1) is 12.2. The van der Waals surface area contributed by atoms with Crippen molar-refractivity contribution in [2.75, 3.05) is 14.2 Å². The van der Waals surface area contributed by atoms with Crippen molar-refractivity contribution < 1.29 is 14.3 Å². The number of hydrogen-bond donors (Lipinski definition) is 0. The first-order chi connectivity index (χ1) is 8.77. The molecule has 0 aliphatic carbocycles. The van der Waals surface area contributed by atoms with E-state index in [9.17, 15) is 4.79 Å². The summed E-state index contributed by atoms with van der Waals surface area (Å²) in [5, 5.41) is 0. The van der Waals surface area contributed by atoms with Gasteiger partial charge in [0.2, 0.25) is 0 Å². The van der Waals surface area contributed by atoms with Gasteiger partial charge in [-0.3, -0.25) is 4.79 Å². The van der Waals surface area contributed by atoms with Gasteiger partial charge in [0.1, 0.15) is 0 Å². The maximum absolute atomic E-state index is 12.4. The molecule has 3 heteroatoms. The highest BCUT2D eigenvalue weighted by molar-refractivity contribution is 6.11. The summed E-state index contributed by atoms with van der Waals surface area (Å²) >= 11 is 0. The molecule has 0 aliphatic heterocycles. The van der Waals surface area contributed by atoms with Crippen LogP contribution in [0.4, 0.5) is 0 Å². The monoisotopic (exact) mass is 242 g/mol. The Labute approximate surface area is 106 Å². The SMILES string of the molecule is COc1cccc(C(=O)c2ccccc2)c1OC. The van der Waals surface area contributed by atoms with Crippen LogP contribution >= 0.6 is 0 Å². The van der Waals surface area contributed by atoms with Gasteiger partial charge >= 0.3 is 0 Å². The van der Waals surface area contributed by atoms with Crippen molar-refractivity contribution in [2.24, 2.45) is 0 Å². The Balaban J connectivity index is 2.48. The van der Waals surface area contributed by atoms with Crippen LogP contribution in [0.2, 0.25) is 0 Å². The number of methoxy groups -OCH3 is 2. The molecule has 3 nitrogen and oxygen atoms in total. The molecule has 0 spiro atoms. The lowest BCUT2D eigenvalue weighted by Gasteiger charge is -2.11. The molecule has 0 aliphatic rings. The Bertz CT molecular complexity index is 547. The largest absolute Gasteiger partial charge is 0.493 e. The number of carbonyl (C=O) groups excluding carboxylic acids is 1. The molecule has 0 atom stereocenters. The predicted molar refractivity (Wildman–Crippen MR) is 69.4 cm³/mol. The van der Waals surface area contributed by atoms with Crippen LogP contribution < -0.4 is 9.47 Å². The number of rotatable bonds is 4. The van der Waals surface area contributed by atoms with Gasteiger partial charge in [-0.15, -0.1) is 0 Å². The van der Waals surface area contributed by atoms with Gasteiger partial charge in [0, 0.05) is 5.56 Å². The lowest BCUT2D eigenvalue weighted by atomic mass is 10.0. The molecule has 18 heavy (non-hydrogen) atoms. The zero-order valence-electron chi connectivity index (χ0n) is 10.3. The molecule has 2 aromatic rings. The molecule has 2 aromatic carbocycles. The second-order valence-corrected chi connectivity index (χ2v) is 3.74. The Morgan fingerprint density at radius 2 is 1.61 bits per heavy atom. The fourth-order valence-corrected chi connectivity index (χ4v) is 1.81. The fraction of sp³-hybridized carbons (Fsp3) is 0.133. The van der Waals surface area contributed by atoms with Crippen molar-refractivity contribution in [1.29, 1.82) is 0 Å². The number of ether oxygens (including phenoxy) is 2. The zero-order valence-corrected chi connectivity index (χ0v) is 10.3. The van der Waals surface area contributed by atoms with Crippen molar-refractivity contribution in [3.8, 4) is 11.5 Å². The second-order valence-electron chi connectivity index (χ2n) is 3.74. The molecular formula is C15H14O3. The van der Waals surface area contributed by atoms with Gasteiger partial charge in [-0.05, 0) is 12.1 Å². The van der Waals surface area contributed by atoms with Crippen LogP contribution in [0.1, 0.15) is 15.9 Å². The number of para-hydroxylation sites is 1. The molecule has 0 bridgehead atoms. The molecule has 0 amide bonds. The minimum atomic E-state index is -0.0775. The van der Waals surface area contributed by atoms with Crippen LogP contribution in [0.3, 0.4) is 0 Å². The Hall–Kier alpha value is -2.29. The first-order valence-corrected chi connectivity index (χ1v) is 5.58. The third kappa shape index (κ3) is 2.20. The van der Waals surface area contributed by atoms with Gasteiger partial charge in [-0.1, -0.05) is 36.4 Å². The van der Waals surface area contributed by atoms with E-state index in [0.717, 1.165) is 0 Å². The zero-order chi connectivity index (χ0) is 13.0. The maximum Gasteiger partial charge on any atom is 0.196 e. The molecule has 92 valence electrons.